The fourth-order valence-corrected chi connectivity index (χ4v) is 3.16. The molecule has 1 fully saturated rings. The average Bonchev–Trinajstić information content (AvgIpc) is 2.83. The number of rotatable bonds is 4. The van der Waals surface area contributed by atoms with Gasteiger partial charge in [-0.25, -0.2) is 0 Å². The Kier molecular flexibility index (Phi) is 4.81. The molecule has 0 unspecified atom stereocenters. The van der Waals surface area contributed by atoms with Gasteiger partial charge in [-0.3, -0.25) is 9.59 Å². The third-order valence-corrected chi connectivity index (χ3v) is 4.82. The summed E-state index contributed by atoms with van der Waals surface area (Å²) in [5, 5.41) is 2.95. The molecule has 108 valence electrons. The number of benzene rings is 1. The number of carbonyl (C=O) groups is 2. The standard InChI is InChI=1S/C15H19BrN2O2/c1-9-10(4-2-6-12(9)16)8-14(19)18-13-7-3-5-11(13)15(17)20/h2,4,6,11,13H,3,5,7-8H2,1H3,(H2,17,20)(H,18,19)/t11-,13-/m0/s1. The molecule has 4 nitrogen and oxygen atoms in total. The van der Waals surface area contributed by atoms with Gasteiger partial charge in [0.1, 0.15) is 0 Å². The molecule has 0 aliphatic heterocycles. The van der Waals surface area contributed by atoms with Crippen LogP contribution in [0.25, 0.3) is 0 Å². The van der Waals surface area contributed by atoms with Gasteiger partial charge in [-0.05, 0) is 37.0 Å². The van der Waals surface area contributed by atoms with Crippen LogP contribution in [0.4, 0.5) is 0 Å². The fourth-order valence-electron chi connectivity index (χ4n) is 2.75. The lowest BCUT2D eigenvalue weighted by Gasteiger charge is -2.18. The van der Waals surface area contributed by atoms with Crippen molar-refractivity contribution in [3.63, 3.8) is 0 Å². The quantitative estimate of drug-likeness (QED) is 0.881. The summed E-state index contributed by atoms with van der Waals surface area (Å²) in [6.45, 7) is 1.98. The number of primary amides is 1. The molecule has 0 bridgehead atoms. The van der Waals surface area contributed by atoms with E-state index in [1.807, 2.05) is 25.1 Å². The van der Waals surface area contributed by atoms with Crippen LogP contribution in [-0.2, 0) is 16.0 Å². The van der Waals surface area contributed by atoms with Gasteiger partial charge >= 0.3 is 0 Å². The van der Waals surface area contributed by atoms with Gasteiger partial charge in [0.25, 0.3) is 0 Å². The van der Waals surface area contributed by atoms with Crippen molar-refractivity contribution in [2.24, 2.45) is 11.7 Å². The van der Waals surface area contributed by atoms with E-state index in [1.54, 1.807) is 0 Å². The molecule has 1 aliphatic rings. The van der Waals surface area contributed by atoms with Crippen molar-refractivity contribution in [3.05, 3.63) is 33.8 Å². The fraction of sp³-hybridized carbons (Fsp3) is 0.467. The van der Waals surface area contributed by atoms with Crippen LogP contribution in [0.5, 0.6) is 0 Å². The van der Waals surface area contributed by atoms with Gasteiger partial charge in [-0.2, -0.15) is 0 Å². The highest BCUT2D eigenvalue weighted by Gasteiger charge is 2.32. The minimum Gasteiger partial charge on any atom is -0.369 e. The van der Waals surface area contributed by atoms with Crippen LogP contribution in [0.1, 0.15) is 30.4 Å². The summed E-state index contributed by atoms with van der Waals surface area (Å²) in [5.41, 5.74) is 7.43. The normalized spacial score (nSPS) is 21.7. The smallest absolute Gasteiger partial charge is 0.224 e. The molecule has 1 aromatic carbocycles. The zero-order valence-corrected chi connectivity index (χ0v) is 13.1. The molecule has 0 saturated heterocycles. The maximum absolute atomic E-state index is 12.1. The highest BCUT2D eigenvalue weighted by atomic mass is 79.9. The largest absolute Gasteiger partial charge is 0.369 e. The van der Waals surface area contributed by atoms with Crippen LogP contribution in [-0.4, -0.2) is 17.9 Å². The first-order chi connectivity index (χ1) is 9.49. The molecule has 2 atom stereocenters. The second-order valence-electron chi connectivity index (χ2n) is 5.31. The summed E-state index contributed by atoms with van der Waals surface area (Å²) in [6.07, 6.45) is 2.87. The molecule has 0 radical (unpaired) electrons. The van der Waals surface area contributed by atoms with Crippen LogP contribution in [0.15, 0.2) is 22.7 Å². The van der Waals surface area contributed by atoms with Gasteiger partial charge in [0.05, 0.1) is 12.3 Å². The third kappa shape index (κ3) is 3.39. The predicted molar refractivity (Wildman–Crippen MR) is 81.0 cm³/mol. The van der Waals surface area contributed by atoms with Crippen molar-refractivity contribution in [2.45, 2.75) is 38.6 Å². The Labute approximate surface area is 127 Å². The summed E-state index contributed by atoms with van der Waals surface area (Å²) >= 11 is 3.46. The molecular weight excluding hydrogens is 320 g/mol. The zero-order chi connectivity index (χ0) is 14.7. The molecule has 0 heterocycles. The van der Waals surface area contributed by atoms with Crippen molar-refractivity contribution < 1.29 is 9.59 Å². The maximum atomic E-state index is 12.1. The van der Waals surface area contributed by atoms with E-state index in [2.05, 4.69) is 21.2 Å². The van der Waals surface area contributed by atoms with Crippen molar-refractivity contribution in [1.29, 1.82) is 0 Å². The van der Waals surface area contributed by atoms with Crippen molar-refractivity contribution >= 4 is 27.7 Å². The van der Waals surface area contributed by atoms with Crippen molar-refractivity contribution in [2.75, 3.05) is 0 Å². The van der Waals surface area contributed by atoms with E-state index in [1.165, 1.54) is 0 Å². The lowest BCUT2D eigenvalue weighted by atomic mass is 10.0. The number of hydrogen-bond acceptors (Lipinski definition) is 2. The summed E-state index contributed by atoms with van der Waals surface area (Å²) in [6, 6.07) is 5.71. The molecule has 1 saturated carbocycles. The average molecular weight is 339 g/mol. The van der Waals surface area contributed by atoms with Crippen LogP contribution in [0.2, 0.25) is 0 Å². The van der Waals surface area contributed by atoms with E-state index >= 15 is 0 Å². The highest BCUT2D eigenvalue weighted by Crippen LogP contribution is 2.25. The lowest BCUT2D eigenvalue weighted by Crippen LogP contribution is -2.42. The molecule has 0 aromatic heterocycles. The molecule has 20 heavy (non-hydrogen) atoms. The summed E-state index contributed by atoms with van der Waals surface area (Å²) in [4.78, 5) is 23.4. The first-order valence-corrected chi connectivity index (χ1v) is 7.61. The molecule has 1 aliphatic carbocycles. The van der Waals surface area contributed by atoms with Gasteiger partial charge in [0.15, 0.2) is 0 Å². The monoisotopic (exact) mass is 338 g/mol. The van der Waals surface area contributed by atoms with E-state index in [9.17, 15) is 9.59 Å². The molecular formula is C15H19BrN2O2. The van der Waals surface area contributed by atoms with Crippen molar-refractivity contribution in [1.82, 2.24) is 5.32 Å². The second kappa shape index (κ2) is 6.39. The topological polar surface area (TPSA) is 72.2 Å². The van der Waals surface area contributed by atoms with Gasteiger partial charge < -0.3 is 11.1 Å². The lowest BCUT2D eigenvalue weighted by molar-refractivity contribution is -0.124. The van der Waals surface area contributed by atoms with Gasteiger partial charge in [0.2, 0.25) is 11.8 Å². The van der Waals surface area contributed by atoms with Gasteiger partial charge in [-0.1, -0.05) is 34.5 Å². The maximum Gasteiger partial charge on any atom is 0.224 e. The van der Waals surface area contributed by atoms with E-state index in [0.29, 0.717) is 6.42 Å². The highest BCUT2D eigenvalue weighted by molar-refractivity contribution is 9.10. The summed E-state index contributed by atoms with van der Waals surface area (Å²) in [5.74, 6) is -0.585. The first kappa shape index (κ1) is 15.0. The SMILES string of the molecule is Cc1c(Br)cccc1CC(=O)N[C@H]1CCC[C@@H]1C(N)=O. The van der Waals surface area contributed by atoms with Crippen molar-refractivity contribution in [3.8, 4) is 0 Å². The number of nitrogens with one attached hydrogen (secondary N) is 1. The van der Waals surface area contributed by atoms with Crippen LogP contribution in [0, 0.1) is 12.8 Å². The van der Waals surface area contributed by atoms with Gasteiger partial charge in [0, 0.05) is 10.5 Å². The van der Waals surface area contributed by atoms with Gasteiger partial charge in [-0.15, -0.1) is 0 Å². The van der Waals surface area contributed by atoms with E-state index < -0.39 is 0 Å². The Hall–Kier alpha value is -1.36. The number of hydrogen-bond donors (Lipinski definition) is 2. The molecule has 5 heteroatoms. The Morgan fingerprint density at radius 3 is 2.85 bits per heavy atom. The molecule has 1 aromatic rings. The minimum absolute atomic E-state index is 0.0515. The first-order valence-electron chi connectivity index (χ1n) is 6.81. The molecule has 0 spiro atoms. The Morgan fingerprint density at radius 2 is 2.15 bits per heavy atom. The summed E-state index contributed by atoms with van der Waals surface area (Å²) in [7, 11) is 0. The third-order valence-electron chi connectivity index (χ3n) is 3.96. The summed E-state index contributed by atoms with van der Waals surface area (Å²) < 4.78 is 0.999. The number of halogens is 1. The molecule has 2 amide bonds. The zero-order valence-electron chi connectivity index (χ0n) is 11.5. The number of carbonyl (C=O) groups excluding carboxylic acids is 2. The second-order valence-corrected chi connectivity index (χ2v) is 6.17. The number of nitrogens with two attached hydrogens (primary N) is 1. The molecule has 2 rings (SSSR count). The van der Waals surface area contributed by atoms with Crippen LogP contribution < -0.4 is 11.1 Å². The molecule has 3 N–H and O–H groups in total. The predicted octanol–water partition coefficient (Wildman–Crippen LogP) is 2.07. The number of amides is 2. The van der Waals surface area contributed by atoms with E-state index in [4.69, 9.17) is 5.73 Å². The Bertz CT molecular complexity index is 531. The van der Waals surface area contributed by atoms with E-state index in [-0.39, 0.29) is 23.8 Å². The minimum atomic E-state index is -0.313. The Balaban J connectivity index is 1.99. The Morgan fingerprint density at radius 1 is 1.40 bits per heavy atom. The van der Waals surface area contributed by atoms with E-state index in [0.717, 1.165) is 34.9 Å². The van der Waals surface area contributed by atoms with Crippen LogP contribution in [0.3, 0.4) is 0 Å². The van der Waals surface area contributed by atoms with Crippen LogP contribution >= 0.6 is 15.9 Å².